The first-order valence-corrected chi connectivity index (χ1v) is 13.8. The summed E-state index contributed by atoms with van der Waals surface area (Å²) in [5, 5.41) is 9.73. The van der Waals surface area contributed by atoms with Crippen molar-refractivity contribution in [2.24, 2.45) is 5.92 Å². The third kappa shape index (κ3) is 6.74. The summed E-state index contributed by atoms with van der Waals surface area (Å²) in [6.07, 6.45) is 5.97. The lowest BCUT2D eigenvalue weighted by atomic mass is 9.94. The number of fused-ring (bicyclic) bond motifs is 1. The Bertz CT molecular complexity index is 1300. The van der Waals surface area contributed by atoms with Crippen molar-refractivity contribution in [2.75, 3.05) is 38.0 Å². The number of amides is 3. The van der Waals surface area contributed by atoms with Crippen LogP contribution in [0, 0.1) is 5.92 Å². The van der Waals surface area contributed by atoms with Gasteiger partial charge < -0.3 is 10.6 Å². The molecule has 10 heteroatoms. The molecule has 3 aromatic rings. The van der Waals surface area contributed by atoms with Crippen LogP contribution in [0.2, 0.25) is 10.0 Å². The van der Waals surface area contributed by atoms with Crippen molar-refractivity contribution in [3.05, 3.63) is 70.3 Å². The highest BCUT2D eigenvalue weighted by atomic mass is 35.5. The zero-order chi connectivity index (χ0) is 26.5. The Kier molecular flexibility index (Phi) is 8.64. The Morgan fingerprint density at radius 3 is 2.63 bits per heavy atom. The largest absolute Gasteiger partial charge is 0.352 e. The van der Waals surface area contributed by atoms with Gasteiger partial charge in [-0.25, -0.2) is 9.80 Å². The van der Waals surface area contributed by atoms with Crippen molar-refractivity contribution >= 4 is 51.7 Å². The predicted molar refractivity (Wildman–Crippen MR) is 152 cm³/mol. The molecule has 1 atom stereocenters. The highest BCUT2D eigenvalue weighted by molar-refractivity contribution is 6.42. The molecule has 0 bridgehead atoms. The van der Waals surface area contributed by atoms with E-state index in [0.717, 1.165) is 62.8 Å². The number of nitrogens with zero attached hydrogens (tertiary/aromatic N) is 3. The van der Waals surface area contributed by atoms with Crippen LogP contribution in [0.5, 0.6) is 0 Å². The van der Waals surface area contributed by atoms with Crippen LogP contribution in [-0.2, 0) is 0 Å². The number of pyridine rings is 1. The Balaban J connectivity index is 1.05. The minimum atomic E-state index is -0.293. The molecule has 3 heterocycles. The Labute approximate surface area is 232 Å². The van der Waals surface area contributed by atoms with Crippen LogP contribution in [0.4, 0.5) is 10.5 Å². The minimum absolute atomic E-state index is 0.0357. The average Bonchev–Trinajstić information content (AvgIpc) is 2.94. The molecule has 3 N–H and O–H groups in total. The number of aromatic nitrogens is 1. The summed E-state index contributed by atoms with van der Waals surface area (Å²) >= 11 is 12.0. The number of likely N-dealkylation sites (tertiary alicyclic amines) is 1. The third-order valence-corrected chi connectivity index (χ3v) is 8.12. The molecule has 200 valence electrons. The smallest absolute Gasteiger partial charge is 0.333 e. The van der Waals surface area contributed by atoms with Gasteiger partial charge in [-0.3, -0.25) is 20.1 Å². The molecule has 2 aliphatic heterocycles. The molecule has 2 fully saturated rings. The minimum Gasteiger partial charge on any atom is -0.352 e. The number of rotatable bonds is 6. The Hall–Kier alpha value is -2.91. The molecule has 0 radical (unpaired) electrons. The van der Waals surface area contributed by atoms with Crippen LogP contribution < -0.4 is 16.1 Å². The molecule has 0 aliphatic carbocycles. The van der Waals surface area contributed by atoms with Gasteiger partial charge in [0.2, 0.25) is 0 Å². The number of piperidine rings is 2. The summed E-state index contributed by atoms with van der Waals surface area (Å²) in [6, 6.07) is 14.7. The normalized spacial score (nSPS) is 19.3. The molecule has 8 nitrogen and oxygen atoms in total. The highest BCUT2D eigenvalue weighted by Gasteiger charge is 2.29. The first kappa shape index (κ1) is 26.7. The van der Waals surface area contributed by atoms with Gasteiger partial charge in [0.15, 0.2) is 0 Å². The fourth-order valence-corrected chi connectivity index (χ4v) is 5.67. The van der Waals surface area contributed by atoms with Gasteiger partial charge in [-0.2, -0.15) is 0 Å². The molecule has 1 unspecified atom stereocenters. The van der Waals surface area contributed by atoms with Gasteiger partial charge in [-0.15, -0.1) is 0 Å². The number of carbonyl (C=O) groups excluding carboxylic acids is 2. The lowest BCUT2D eigenvalue weighted by Crippen LogP contribution is -2.54. The van der Waals surface area contributed by atoms with E-state index < -0.39 is 0 Å². The second-order valence-electron chi connectivity index (χ2n) is 10.0. The monoisotopic (exact) mass is 554 g/mol. The van der Waals surface area contributed by atoms with E-state index >= 15 is 0 Å². The van der Waals surface area contributed by atoms with Gasteiger partial charge in [0, 0.05) is 55.1 Å². The lowest BCUT2D eigenvalue weighted by Gasteiger charge is -2.42. The van der Waals surface area contributed by atoms with Crippen molar-refractivity contribution in [3.8, 4) is 0 Å². The molecule has 2 aromatic carbocycles. The van der Waals surface area contributed by atoms with Gasteiger partial charge in [0.25, 0.3) is 5.91 Å². The lowest BCUT2D eigenvalue weighted by molar-refractivity contribution is 0.0583. The van der Waals surface area contributed by atoms with E-state index in [0.29, 0.717) is 39.8 Å². The van der Waals surface area contributed by atoms with Gasteiger partial charge in [0.05, 0.1) is 15.6 Å². The molecule has 2 saturated heterocycles. The van der Waals surface area contributed by atoms with Gasteiger partial charge in [-0.1, -0.05) is 29.3 Å². The van der Waals surface area contributed by atoms with Crippen molar-refractivity contribution in [3.63, 3.8) is 0 Å². The van der Waals surface area contributed by atoms with Gasteiger partial charge in [-0.05, 0) is 80.6 Å². The number of hydrogen-bond donors (Lipinski definition) is 3. The maximum Gasteiger partial charge on any atom is 0.333 e. The zero-order valence-electron chi connectivity index (χ0n) is 21.1. The highest BCUT2D eigenvalue weighted by Crippen LogP contribution is 2.26. The molecule has 3 amide bonds. The van der Waals surface area contributed by atoms with Crippen molar-refractivity contribution in [2.45, 2.75) is 31.7 Å². The van der Waals surface area contributed by atoms with Crippen molar-refractivity contribution in [1.82, 2.24) is 25.6 Å². The van der Waals surface area contributed by atoms with Crippen molar-refractivity contribution in [1.29, 1.82) is 0 Å². The van der Waals surface area contributed by atoms with E-state index in [-0.39, 0.29) is 11.9 Å². The van der Waals surface area contributed by atoms with Crippen LogP contribution in [0.1, 0.15) is 36.0 Å². The quantitative estimate of drug-likeness (QED) is 0.390. The molecular weight excluding hydrogens is 523 g/mol. The van der Waals surface area contributed by atoms with E-state index in [1.807, 2.05) is 35.3 Å². The number of benzene rings is 2. The SMILES string of the molecule is O=C(Nc1ccc(Cl)c(Cl)c1)NN1CCC(N2CCCC(CNC(=O)c3ccc4ncccc4c3)C2)CC1. The van der Waals surface area contributed by atoms with E-state index in [9.17, 15) is 9.59 Å². The third-order valence-electron chi connectivity index (χ3n) is 7.38. The second-order valence-corrected chi connectivity index (χ2v) is 10.9. The summed E-state index contributed by atoms with van der Waals surface area (Å²) < 4.78 is 0. The number of carbonyl (C=O) groups is 2. The number of anilines is 1. The fraction of sp³-hybridized carbons (Fsp3) is 0.393. The van der Waals surface area contributed by atoms with E-state index in [1.54, 1.807) is 24.4 Å². The maximum atomic E-state index is 12.8. The van der Waals surface area contributed by atoms with Gasteiger partial charge in [0.1, 0.15) is 0 Å². The molecule has 38 heavy (non-hydrogen) atoms. The van der Waals surface area contributed by atoms with E-state index in [4.69, 9.17) is 23.2 Å². The van der Waals surface area contributed by atoms with E-state index in [1.165, 1.54) is 0 Å². The van der Waals surface area contributed by atoms with Crippen LogP contribution in [0.25, 0.3) is 10.9 Å². The summed E-state index contributed by atoms with van der Waals surface area (Å²) in [7, 11) is 0. The van der Waals surface area contributed by atoms with Gasteiger partial charge >= 0.3 is 6.03 Å². The molecule has 0 spiro atoms. The average molecular weight is 556 g/mol. The molecule has 2 aliphatic rings. The number of urea groups is 1. The number of nitrogens with one attached hydrogen (secondary N) is 3. The first-order valence-electron chi connectivity index (χ1n) is 13.1. The van der Waals surface area contributed by atoms with Crippen LogP contribution in [0.15, 0.2) is 54.7 Å². The molecule has 5 rings (SSSR count). The predicted octanol–water partition coefficient (Wildman–Crippen LogP) is 5.18. The fourth-order valence-electron chi connectivity index (χ4n) is 5.37. The number of halogens is 2. The second kappa shape index (κ2) is 12.3. The first-order chi connectivity index (χ1) is 18.4. The Morgan fingerprint density at radius 1 is 0.974 bits per heavy atom. The number of hydrogen-bond acceptors (Lipinski definition) is 5. The standard InChI is InChI=1S/C28H32Cl2N6O2/c29-24-7-6-22(16-25(24)30)33-28(38)34-36-13-9-23(10-14-36)35-12-2-3-19(18-35)17-32-27(37)21-5-8-26-20(15-21)4-1-11-31-26/h1,4-8,11,15-16,19,23H,2-3,9-10,12-14,17-18H2,(H,32,37)(H2,33,34,38). The molecular formula is C28H32Cl2N6O2. The Morgan fingerprint density at radius 2 is 1.82 bits per heavy atom. The van der Waals surface area contributed by atoms with Crippen LogP contribution in [-0.4, -0.2) is 65.6 Å². The van der Waals surface area contributed by atoms with E-state index in [2.05, 4.69) is 25.9 Å². The zero-order valence-corrected chi connectivity index (χ0v) is 22.6. The summed E-state index contributed by atoms with van der Waals surface area (Å²) in [5.41, 5.74) is 5.08. The number of hydrazine groups is 1. The van der Waals surface area contributed by atoms with Crippen molar-refractivity contribution < 1.29 is 9.59 Å². The summed E-state index contributed by atoms with van der Waals surface area (Å²) in [6.45, 7) is 4.31. The summed E-state index contributed by atoms with van der Waals surface area (Å²) in [5.74, 6) is 0.398. The maximum absolute atomic E-state index is 12.8. The topological polar surface area (TPSA) is 89.6 Å². The summed E-state index contributed by atoms with van der Waals surface area (Å²) in [4.78, 5) is 32.1. The molecule has 0 saturated carbocycles. The van der Waals surface area contributed by atoms with Crippen LogP contribution in [0.3, 0.4) is 0 Å². The van der Waals surface area contributed by atoms with Crippen LogP contribution >= 0.6 is 23.2 Å². The molecule has 1 aromatic heterocycles.